The van der Waals surface area contributed by atoms with Gasteiger partial charge in [-0.25, -0.2) is 9.97 Å². The Morgan fingerprint density at radius 1 is 0.821 bits per heavy atom. The molecule has 5 heteroatoms. The normalized spacial score (nSPS) is 10.6. The van der Waals surface area contributed by atoms with Crippen molar-refractivity contribution in [2.45, 2.75) is 13.5 Å². The Morgan fingerprint density at radius 2 is 1.61 bits per heavy atom. The molecule has 4 aromatic rings. The Morgan fingerprint density at radius 3 is 2.39 bits per heavy atom. The summed E-state index contributed by atoms with van der Waals surface area (Å²) in [6.07, 6.45) is 3.56. The van der Waals surface area contributed by atoms with Gasteiger partial charge in [0.25, 0.3) is 0 Å². The van der Waals surface area contributed by atoms with Gasteiger partial charge in [0, 0.05) is 23.7 Å². The molecule has 2 aromatic heterocycles. The lowest BCUT2D eigenvalue weighted by Gasteiger charge is -2.24. The zero-order valence-electron chi connectivity index (χ0n) is 15.7. The number of nitrogen functional groups attached to an aromatic ring is 1. The van der Waals surface area contributed by atoms with Crippen molar-refractivity contribution in [3.8, 4) is 11.3 Å². The fourth-order valence-electron chi connectivity index (χ4n) is 3.15. The van der Waals surface area contributed by atoms with Gasteiger partial charge in [-0.05, 0) is 42.8 Å². The van der Waals surface area contributed by atoms with Gasteiger partial charge in [-0.3, -0.25) is 4.98 Å². The van der Waals surface area contributed by atoms with Crippen LogP contribution in [0.1, 0.15) is 11.3 Å². The second-order valence-corrected chi connectivity index (χ2v) is 6.51. The molecular weight excluding hydrogens is 346 g/mol. The van der Waals surface area contributed by atoms with Crippen LogP contribution in [-0.4, -0.2) is 15.0 Å². The number of rotatable bonds is 5. The molecule has 0 amide bonds. The van der Waals surface area contributed by atoms with Crippen molar-refractivity contribution in [1.82, 2.24) is 15.0 Å². The number of pyridine rings is 1. The third kappa shape index (κ3) is 3.69. The quantitative estimate of drug-likeness (QED) is 0.515. The van der Waals surface area contributed by atoms with Crippen LogP contribution in [0.15, 0.2) is 85.2 Å². The molecule has 0 aliphatic carbocycles. The first-order chi connectivity index (χ1) is 13.7. The number of anilines is 3. The Kier molecular flexibility index (Phi) is 4.97. The molecule has 0 aliphatic rings. The number of para-hydroxylation sites is 2. The Bertz CT molecular complexity index is 1080. The zero-order chi connectivity index (χ0) is 19.3. The summed E-state index contributed by atoms with van der Waals surface area (Å²) < 4.78 is 0. The number of aryl methyl sites for hydroxylation is 1. The summed E-state index contributed by atoms with van der Waals surface area (Å²) in [7, 11) is 0. The van der Waals surface area contributed by atoms with Crippen molar-refractivity contribution in [1.29, 1.82) is 0 Å². The van der Waals surface area contributed by atoms with Crippen LogP contribution < -0.4 is 10.6 Å². The Hall–Kier alpha value is -3.73. The highest BCUT2D eigenvalue weighted by Gasteiger charge is 2.16. The third-order valence-corrected chi connectivity index (χ3v) is 4.58. The molecule has 0 saturated heterocycles. The Labute approximate surface area is 164 Å². The van der Waals surface area contributed by atoms with E-state index in [1.165, 1.54) is 0 Å². The zero-order valence-corrected chi connectivity index (χ0v) is 15.7. The monoisotopic (exact) mass is 367 g/mol. The number of hydrogen-bond donors (Lipinski definition) is 1. The summed E-state index contributed by atoms with van der Waals surface area (Å²) in [4.78, 5) is 15.8. The molecule has 138 valence electrons. The van der Waals surface area contributed by atoms with E-state index in [-0.39, 0.29) is 0 Å². The van der Waals surface area contributed by atoms with Gasteiger partial charge in [0.15, 0.2) is 0 Å². The molecule has 5 nitrogen and oxygen atoms in total. The summed E-state index contributed by atoms with van der Waals surface area (Å²) in [6, 6.07) is 23.9. The highest BCUT2D eigenvalue weighted by Crippen LogP contribution is 2.31. The molecule has 0 saturated carbocycles. The van der Waals surface area contributed by atoms with Crippen molar-refractivity contribution in [3.63, 3.8) is 0 Å². The van der Waals surface area contributed by atoms with Gasteiger partial charge in [0.1, 0.15) is 0 Å². The standard InChI is InChI=1S/C23H21N5/c1-17-19(10-7-14-25-17)21-13-15-26-23(27-21)28(16-18-8-3-2-4-9-18)22-12-6-5-11-20(22)24/h2-15H,16,24H2,1H3. The maximum Gasteiger partial charge on any atom is 0.230 e. The molecule has 0 radical (unpaired) electrons. The van der Waals surface area contributed by atoms with Crippen LogP contribution in [-0.2, 0) is 6.54 Å². The van der Waals surface area contributed by atoms with Crippen molar-refractivity contribution >= 4 is 17.3 Å². The van der Waals surface area contributed by atoms with E-state index >= 15 is 0 Å². The smallest absolute Gasteiger partial charge is 0.230 e. The van der Waals surface area contributed by atoms with E-state index in [4.69, 9.17) is 10.7 Å². The summed E-state index contributed by atoms with van der Waals surface area (Å²) in [6.45, 7) is 2.60. The topological polar surface area (TPSA) is 67.9 Å². The van der Waals surface area contributed by atoms with E-state index in [0.717, 1.165) is 28.2 Å². The van der Waals surface area contributed by atoms with Crippen LogP contribution in [0, 0.1) is 6.92 Å². The van der Waals surface area contributed by atoms with Gasteiger partial charge in [-0.15, -0.1) is 0 Å². The van der Waals surface area contributed by atoms with Crippen LogP contribution in [0.5, 0.6) is 0 Å². The van der Waals surface area contributed by atoms with E-state index in [1.54, 1.807) is 12.4 Å². The second kappa shape index (κ2) is 7.88. The van der Waals surface area contributed by atoms with E-state index < -0.39 is 0 Å². The number of nitrogens with two attached hydrogens (primary N) is 1. The molecule has 0 spiro atoms. The fraction of sp³-hybridized carbons (Fsp3) is 0.0870. The SMILES string of the molecule is Cc1ncccc1-c1ccnc(N(Cc2ccccc2)c2ccccc2N)n1. The third-order valence-electron chi connectivity index (χ3n) is 4.58. The summed E-state index contributed by atoms with van der Waals surface area (Å²) >= 11 is 0. The van der Waals surface area contributed by atoms with Crippen molar-refractivity contribution < 1.29 is 0 Å². The van der Waals surface area contributed by atoms with Gasteiger partial charge in [0.2, 0.25) is 5.95 Å². The first-order valence-electron chi connectivity index (χ1n) is 9.13. The number of aromatic nitrogens is 3. The van der Waals surface area contributed by atoms with Crippen molar-refractivity contribution in [2.24, 2.45) is 0 Å². The minimum Gasteiger partial charge on any atom is -0.397 e. The van der Waals surface area contributed by atoms with Crippen LogP contribution in [0.25, 0.3) is 11.3 Å². The van der Waals surface area contributed by atoms with Crippen molar-refractivity contribution in [2.75, 3.05) is 10.6 Å². The maximum absolute atomic E-state index is 6.28. The van der Waals surface area contributed by atoms with Gasteiger partial charge < -0.3 is 10.6 Å². The molecule has 0 bridgehead atoms. The minimum absolute atomic E-state index is 0.600. The molecule has 0 fully saturated rings. The molecule has 28 heavy (non-hydrogen) atoms. The molecular formula is C23H21N5. The van der Waals surface area contributed by atoms with Gasteiger partial charge >= 0.3 is 0 Å². The van der Waals surface area contributed by atoms with E-state index in [2.05, 4.69) is 22.1 Å². The number of nitrogens with zero attached hydrogens (tertiary/aromatic N) is 4. The van der Waals surface area contributed by atoms with Crippen molar-refractivity contribution in [3.05, 3.63) is 96.4 Å². The van der Waals surface area contributed by atoms with Gasteiger partial charge in [-0.2, -0.15) is 0 Å². The minimum atomic E-state index is 0.600. The largest absolute Gasteiger partial charge is 0.397 e. The molecule has 0 aliphatic heterocycles. The molecule has 0 unspecified atom stereocenters. The summed E-state index contributed by atoms with van der Waals surface area (Å²) in [5.74, 6) is 0.600. The van der Waals surface area contributed by atoms with Crippen LogP contribution in [0.4, 0.5) is 17.3 Å². The number of benzene rings is 2. The number of hydrogen-bond acceptors (Lipinski definition) is 5. The molecule has 0 atom stereocenters. The fourth-order valence-corrected chi connectivity index (χ4v) is 3.15. The lowest BCUT2D eigenvalue weighted by molar-refractivity contribution is 0.914. The summed E-state index contributed by atoms with van der Waals surface area (Å²) in [5, 5.41) is 0. The first kappa shape index (κ1) is 17.7. The maximum atomic E-state index is 6.28. The predicted octanol–water partition coefficient (Wildman–Crippen LogP) is 4.77. The second-order valence-electron chi connectivity index (χ2n) is 6.51. The van der Waals surface area contributed by atoms with Crippen LogP contribution in [0.2, 0.25) is 0 Å². The highest BCUT2D eigenvalue weighted by molar-refractivity contribution is 5.73. The molecule has 4 rings (SSSR count). The molecule has 2 N–H and O–H groups in total. The lowest BCUT2D eigenvalue weighted by atomic mass is 10.1. The van der Waals surface area contributed by atoms with Crippen LogP contribution in [0.3, 0.4) is 0 Å². The average Bonchev–Trinajstić information content (AvgIpc) is 2.74. The van der Waals surface area contributed by atoms with E-state index in [1.807, 2.05) is 72.5 Å². The van der Waals surface area contributed by atoms with E-state index in [0.29, 0.717) is 18.2 Å². The molecule has 2 heterocycles. The van der Waals surface area contributed by atoms with Gasteiger partial charge in [0.05, 0.1) is 23.6 Å². The Balaban J connectivity index is 1.80. The summed E-state index contributed by atoms with van der Waals surface area (Å²) in [5.41, 5.74) is 11.8. The van der Waals surface area contributed by atoms with Crippen LogP contribution >= 0.6 is 0 Å². The molecule has 2 aromatic carbocycles. The first-order valence-corrected chi connectivity index (χ1v) is 9.13. The predicted molar refractivity (Wildman–Crippen MR) is 113 cm³/mol. The highest BCUT2D eigenvalue weighted by atomic mass is 15.3. The lowest BCUT2D eigenvalue weighted by Crippen LogP contribution is -2.20. The van der Waals surface area contributed by atoms with E-state index in [9.17, 15) is 0 Å². The van der Waals surface area contributed by atoms with Gasteiger partial charge in [-0.1, -0.05) is 42.5 Å². The average molecular weight is 367 g/mol.